The molecule has 8 nitrogen and oxygen atoms in total. The van der Waals surface area contributed by atoms with E-state index < -0.39 is 12.0 Å². The van der Waals surface area contributed by atoms with Gasteiger partial charge in [-0.15, -0.1) is 0 Å². The number of allylic oxidation sites excluding steroid dienone is 1. The van der Waals surface area contributed by atoms with Gasteiger partial charge < -0.3 is 18.9 Å². The number of thiazole rings is 1. The molecule has 0 saturated carbocycles. The van der Waals surface area contributed by atoms with Gasteiger partial charge in [0.15, 0.2) is 16.3 Å². The van der Waals surface area contributed by atoms with E-state index in [-0.39, 0.29) is 18.5 Å². The first-order valence-electron chi connectivity index (χ1n) is 11.2. The standard InChI is InChI=1S/C26H23BrN2O6S/c1-13(2)35-25(31)22-14(3)28-26-29(23(22)17-11-16(27)6-8-18(17)32-4)24(30)21(36-26)10-15-5-7-19-20(9-15)34-12-33-19/h5-11,13,23H,12H2,1-4H3/b21-10-/t23-/m1/s1. The number of benzene rings is 2. The second kappa shape index (κ2) is 9.59. The van der Waals surface area contributed by atoms with E-state index in [9.17, 15) is 9.59 Å². The molecule has 1 aromatic heterocycles. The predicted molar refractivity (Wildman–Crippen MR) is 138 cm³/mol. The molecule has 0 spiro atoms. The van der Waals surface area contributed by atoms with Crippen LogP contribution in [0.25, 0.3) is 6.08 Å². The Morgan fingerprint density at radius 3 is 2.75 bits per heavy atom. The Balaban J connectivity index is 1.73. The summed E-state index contributed by atoms with van der Waals surface area (Å²) in [7, 11) is 1.55. The van der Waals surface area contributed by atoms with Crippen molar-refractivity contribution >= 4 is 39.3 Å². The van der Waals surface area contributed by atoms with Gasteiger partial charge in [0.1, 0.15) is 11.8 Å². The minimum Gasteiger partial charge on any atom is -0.496 e. The van der Waals surface area contributed by atoms with Crippen LogP contribution in [0.5, 0.6) is 17.2 Å². The molecule has 2 aromatic carbocycles. The van der Waals surface area contributed by atoms with E-state index in [4.69, 9.17) is 18.9 Å². The summed E-state index contributed by atoms with van der Waals surface area (Å²) in [6.45, 7) is 5.49. The molecule has 0 saturated heterocycles. The van der Waals surface area contributed by atoms with Gasteiger partial charge in [-0.3, -0.25) is 9.36 Å². The monoisotopic (exact) mass is 570 g/mol. The van der Waals surface area contributed by atoms with Crippen LogP contribution in [-0.4, -0.2) is 30.5 Å². The van der Waals surface area contributed by atoms with Gasteiger partial charge >= 0.3 is 5.97 Å². The summed E-state index contributed by atoms with van der Waals surface area (Å²) in [5.74, 6) is 1.31. The van der Waals surface area contributed by atoms with Crippen molar-refractivity contribution < 1.29 is 23.7 Å². The van der Waals surface area contributed by atoms with Crippen molar-refractivity contribution in [3.05, 3.63) is 83.0 Å². The van der Waals surface area contributed by atoms with Crippen molar-refractivity contribution in [3.8, 4) is 17.2 Å². The average molecular weight is 571 g/mol. The van der Waals surface area contributed by atoms with Crippen LogP contribution in [-0.2, 0) is 9.53 Å². The molecule has 2 aliphatic heterocycles. The van der Waals surface area contributed by atoms with Gasteiger partial charge in [0.05, 0.1) is 29.0 Å². The van der Waals surface area contributed by atoms with Crippen molar-refractivity contribution in [1.29, 1.82) is 0 Å². The highest BCUT2D eigenvalue weighted by molar-refractivity contribution is 9.10. The molecule has 3 aromatic rings. The summed E-state index contributed by atoms with van der Waals surface area (Å²) in [5.41, 5.74) is 1.94. The molecule has 186 valence electrons. The molecule has 1 atom stereocenters. The Hall–Kier alpha value is -3.37. The van der Waals surface area contributed by atoms with E-state index in [1.165, 1.54) is 15.9 Å². The van der Waals surface area contributed by atoms with Crippen molar-refractivity contribution in [2.75, 3.05) is 13.9 Å². The van der Waals surface area contributed by atoms with E-state index in [0.29, 0.717) is 43.4 Å². The molecule has 0 unspecified atom stereocenters. The maximum atomic E-state index is 13.8. The Morgan fingerprint density at radius 1 is 1.22 bits per heavy atom. The Labute approximate surface area is 219 Å². The first-order valence-corrected chi connectivity index (χ1v) is 12.8. The molecule has 3 heterocycles. The third-order valence-corrected chi connectivity index (χ3v) is 7.24. The number of hydrogen-bond acceptors (Lipinski definition) is 8. The van der Waals surface area contributed by atoms with Gasteiger partial charge in [0.2, 0.25) is 6.79 Å². The summed E-state index contributed by atoms with van der Waals surface area (Å²) in [4.78, 5) is 32.2. The minimum absolute atomic E-state index is 0.171. The number of rotatable bonds is 5. The van der Waals surface area contributed by atoms with E-state index in [2.05, 4.69) is 20.9 Å². The first kappa shape index (κ1) is 24.3. The lowest BCUT2D eigenvalue weighted by molar-refractivity contribution is -0.143. The lowest BCUT2D eigenvalue weighted by Crippen LogP contribution is -2.40. The molecule has 0 amide bonds. The number of fused-ring (bicyclic) bond motifs is 2. The van der Waals surface area contributed by atoms with Crippen LogP contribution in [0.15, 0.2) is 61.9 Å². The van der Waals surface area contributed by atoms with Gasteiger partial charge in [-0.1, -0.05) is 33.3 Å². The quantitative estimate of drug-likeness (QED) is 0.435. The van der Waals surface area contributed by atoms with Crippen molar-refractivity contribution in [2.24, 2.45) is 4.99 Å². The lowest BCUT2D eigenvalue weighted by Gasteiger charge is -2.26. The van der Waals surface area contributed by atoms with E-state index >= 15 is 0 Å². The third kappa shape index (κ3) is 4.35. The zero-order valence-corrected chi connectivity index (χ0v) is 22.4. The van der Waals surface area contributed by atoms with E-state index in [0.717, 1.165) is 10.0 Å². The predicted octanol–water partition coefficient (Wildman–Crippen LogP) is 3.69. The van der Waals surface area contributed by atoms with Crippen LogP contribution in [0, 0.1) is 0 Å². The highest BCUT2D eigenvalue weighted by atomic mass is 79.9. The Morgan fingerprint density at radius 2 is 2.00 bits per heavy atom. The smallest absolute Gasteiger partial charge is 0.338 e. The lowest BCUT2D eigenvalue weighted by atomic mass is 9.95. The summed E-state index contributed by atoms with van der Waals surface area (Å²) >= 11 is 4.77. The third-order valence-electron chi connectivity index (χ3n) is 5.77. The van der Waals surface area contributed by atoms with Crippen molar-refractivity contribution in [3.63, 3.8) is 0 Å². The average Bonchev–Trinajstić information content (AvgIpc) is 3.41. The molecule has 5 rings (SSSR count). The molecular weight excluding hydrogens is 548 g/mol. The zero-order chi connectivity index (χ0) is 25.6. The molecule has 0 N–H and O–H groups in total. The van der Waals surface area contributed by atoms with Crippen molar-refractivity contribution in [1.82, 2.24) is 4.57 Å². The maximum Gasteiger partial charge on any atom is 0.338 e. The fourth-order valence-corrected chi connectivity index (χ4v) is 5.65. The normalized spacial score (nSPS) is 16.7. The number of halogens is 1. The largest absolute Gasteiger partial charge is 0.496 e. The fourth-order valence-electron chi connectivity index (χ4n) is 4.23. The molecule has 10 heteroatoms. The molecule has 0 radical (unpaired) electrons. The van der Waals surface area contributed by atoms with Gasteiger partial charge in [-0.25, -0.2) is 9.79 Å². The molecule has 0 fully saturated rings. The van der Waals surface area contributed by atoms with Crippen LogP contribution in [0.2, 0.25) is 0 Å². The topological polar surface area (TPSA) is 88.4 Å². The van der Waals surface area contributed by atoms with Gasteiger partial charge in [-0.2, -0.15) is 0 Å². The highest BCUT2D eigenvalue weighted by Gasteiger charge is 2.35. The minimum atomic E-state index is -0.779. The van der Waals surface area contributed by atoms with Crippen LogP contribution < -0.4 is 29.1 Å². The summed E-state index contributed by atoms with van der Waals surface area (Å²) in [6, 6.07) is 10.2. The number of carbonyl (C=O) groups is 1. The summed E-state index contributed by atoms with van der Waals surface area (Å²) < 4.78 is 24.8. The van der Waals surface area contributed by atoms with Crippen LogP contribution >= 0.6 is 27.3 Å². The number of methoxy groups -OCH3 is 1. The maximum absolute atomic E-state index is 13.8. The van der Waals surface area contributed by atoms with Gasteiger partial charge in [0.25, 0.3) is 5.56 Å². The SMILES string of the molecule is COc1ccc(Br)cc1[C@@H]1C(C(=O)OC(C)C)=C(C)N=c2s/c(=C\c3ccc4c(c3)OCO4)c(=O)n21. The number of esters is 1. The first-order chi connectivity index (χ1) is 17.3. The summed E-state index contributed by atoms with van der Waals surface area (Å²) in [6.07, 6.45) is 1.45. The molecule has 0 aliphatic carbocycles. The number of aromatic nitrogens is 1. The molecular formula is C26H23BrN2O6S. The molecule has 36 heavy (non-hydrogen) atoms. The number of carbonyl (C=O) groups excluding carboxylic acids is 1. The van der Waals surface area contributed by atoms with E-state index in [1.54, 1.807) is 40.0 Å². The number of nitrogens with zero attached hydrogens (tertiary/aromatic N) is 2. The fraction of sp³-hybridized carbons (Fsp3) is 0.269. The summed E-state index contributed by atoms with van der Waals surface area (Å²) in [5, 5.41) is 0. The van der Waals surface area contributed by atoms with Crippen LogP contribution in [0.3, 0.4) is 0 Å². The Kier molecular flexibility index (Phi) is 6.48. The molecule has 0 bridgehead atoms. The number of hydrogen-bond donors (Lipinski definition) is 0. The number of ether oxygens (including phenoxy) is 4. The molecule has 2 aliphatic rings. The van der Waals surface area contributed by atoms with Gasteiger partial charge in [0, 0.05) is 10.0 Å². The van der Waals surface area contributed by atoms with Gasteiger partial charge in [-0.05, 0) is 62.7 Å². The second-order valence-electron chi connectivity index (χ2n) is 8.53. The highest BCUT2D eigenvalue weighted by Crippen LogP contribution is 2.37. The van der Waals surface area contributed by atoms with Crippen molar-refractivity contribution in [2.45, 2.75) is 32.9 Å². The Bertz CT molecular complexity index is 1590. The second-order valence-corrected chi connectivity index (χ2v) is 10.5. The van der Waals surface area contributed by atoms with Crippen LogP contribution in [0.1, 0.15) is 37.9 Å². The zero-order valence-electron chi connectivity index (χ0n) is 20.0. The van der Waals surface area contributed by atoms with E-state index in [1.807, 2.05) is 30.3 Å². The van der Waals surface area contributed by atoms with Crippen LogP contribution in [0.4, 0.5) is 0 Å².